The number of anilines is 1. The summed E-state index contributed by atoms with van der Waals surface area (Å²) in [6.07, 6.45) is 3.77. The number of hydrogen-bond donors (Lipinski definition) is 2. The van der Waals surface area contributed by atoms with Crippen molar-refractivity contribution in [3.8, 4) is 0 Å². The SMILES string of the molecule is C=CCN(C)C(=O)[C@@H](C)[C@H]1CC[C@]2(C)Cc3sc(NC(=O)c4cccs4)nc3[C@H](C)[C@@H]2[C@H]1O. The predicted octanol–water partition coefficient (Wildman–Crippen LogP) is 4.79. The average Bonchev–Trinajstić information content (AvgIpc) is 3.43. The van der Waals surface area contributed by atoms with Crippen LogP contribution in [-0.4, -0.2) is 46.5 Å². The minimum atomic E-state index is -0.575. The minimum absolute atomic E-state index is 0.0201. The summed E-state index contributed by atoms with van der Waals surface area (Å²) in [5.41, 5.74) is 0.922. The Morgan fingerprint density at radius 3 is 2.91 bits per heavy atom. The van der Waals surface area contributed by atoms with Gasteiger partial charge in [0.2, 0.25) is 5.91 Å². The molecule has 2 aromatic rings. The number of carbonyl (C=O) groups excluding carboxylic acids is 2. The molecule has 0 aliphatic heterocycles. The van der Waals surface area contributed by atoms with Crippen molar-refractivity contribution in [3.05, 3.63) is 45.6 Å². The molecule has 2 amide bonds. The van der Waals surface area contributed by atoms with Crippen molar-refractivity contribution in [3.63, 3.8) is 0 Å². The van der Waals surface area contributed by atoms with E-state index in [9.17, 15) is 14.7 Å². The lowest BCUT2D eigenvalue weighted by atomic mass is 9.53. The molecule has 0 saturated heterocycles. The lowest BCUT2D eigenvalue weighted by Crippen LogP contribution is -2.53. The minimum Gasteiger partial charge on any atom is -0.392 e. The maximum atomic E-state index is 12.9. The van der Waals surface area contributed by atoms with E-state index in [-0.39, 0.29) is 40.9 Å². The number of aliphatic hydroxyl groups is 1. The molecule has 0 spiro atoms. The molecular weight excluding hydrogens is 454 g/mol. The van der Waals surface area contributed by atoms with Gasteiger partial charge in [0.15, 0.2) is 5.13 Å². The monoisotopic (exact) mass is 487 g/mol. The molecule has 1 fully saturated rings. The summed E-state index contributed by atoms with van der Waals surface area (Å²) in [6, 6.07) is 3.66. The third-order valence-electron chi connectivity index (χ3n) is 7.70. The fourth-order valence-corrected chi connectivity index (χ4v) is 7.86. The Morgan fingerprint density at radius 2 is 2.24 bits per heavy atom. The molecule has 0 aromatic carbocycles. The van der Waals surface area contributed by atoms with E-state index in [1.165, 1.54) is 16.2 Å². The lowest BCUT2D eigenvalue weighted by Gasteiger charge is -2.53. The van der Waals surface area contributed by atoms with Crippen LogP contribution in [0.3, 0.4) is 0 Å². The Balaban J connectivity index is 1.55. The van der Waals surface area contributed by atoms with Crippen LogP contribution >= 0.6 is 22.7 Å². The Labute approximate surface area is 203 Å². The van der Waals surface area contributed by atoms with E-state index in [1.807, 2.05) is 18.4 Å². The molecule has 4 rings (SSSR count). The molecule has 1 saturated carbocycles. The molecule has 2 N–H and O–H groups in total. The summed E-state index contributed by atoms with van der Waals surface area (Å²) in [6.45, 7) is 10.6. The first-order valence-electron chi connectivity index (χ1n) is 11.5. The summed E-state index contributed by atoms with van der Waals surface area (Å²) in [5.74, 6) is -0.342. The molecule has 0 bridgehead atoms. The molecule has 2 aliphatic rings. The van der Waals surface area contributed by atoms with Crippen molar-refractivity contribution in [2.24, 2.45) is 23.2 Å². The molecule has 0 unspecified atom stereocenters. The Bertz CT molecular complexity index is 1030. The van der Waals surface area contributed by atoms with Gasteiger partial charge in [-0.1, -0.05) is 32.9 Å². The topological polar surface area (TPSA) is 82.5 Å². The van der Waals surface area contributed by atoms with Crippen molar-refractivity contribution in [2.75, 3.05) is 18.9 Å². The van der Waals surface area contributed by atoms with E-state index in [0.29, 0.717) is 16.6 Å². The van der Waals surface area contributed by atoms with Crippen molar-refractivity contribution in [1.29, 1.82) is 0 Å². The van der Waals surface area contributed by atoms with E-state index in [2.05, 4.69) is 25.7 Å². The maximum Gasteiger partial charge on any atom is 0.267 e. The summed E-state index contributed by atoms with van der Waals surface area (Å²) >= 11 is 2.96. The first-order valence-corrected chi connectivity index (χ1v) is 13.2. The van der Waals surface area contributed by atoms with Gasteiger partial charge in [-0.3, -0.25) is 14.9 Å². The highest BCUT2D eigenvalue weighted by molar-refractivity contribution is 7.16. The largest absolute Gasteiger partial charge is 0.392 e. The van der Waals surface area contributed by atoms with Gasteiger partial charge < -0.3 is 10.0 Å². The predicted molar refractivity (Wildman–Crippen MR) is 134 cm³/mol. The number of aliphatic hydroxyl groups excluding tert-OH is 1. The van der Waals surface area contributed by atoms with Gasteiger partial charge in [0.05, 0.1) is 16.7 Å². The van der Waals surface area contributed by atoms with E-state index >= 15 is 0 Å². The Hall–Kier alpha value is -2.03. The highest BCUT2D eigenvalue weighted by atomic mass is 32.1. The molecule has 6 nitrogen and oxygen atoms in total. The molecule has 33 heavy (non-hydrogen) atoms. The van der Waals surface area contributed by atoms with Gasteiger partial charge in [0, 0.05) is 30.3 Å². The zero-order valence-electron chi connectivity index (χ0n) is 19.7. The van der Waals surface area contributed by atoms with Gasteiger partial charge in [-0.25, -0.2) is 4.98 Å². The number of thiazole rings is 1. The summed E-state index contributed by atoms with van der Waals surface area (Å²) in [7, 11) is 1.79. The van der Waals surface area contributed by atoms with Crippen LogP contribution < -0.4 is 5.32 Å². The Morgan fingerprint density at radius 1 is 1.48 bits per heavy atom. The third kappa shape index (κ3) is 4.40. The molecule has 6 atom stereocenters. The fourth-order valence-electron chi connectivity index (χ4n) is 5.98. The second-order valence-electron chi connectivity index (χ2n) is 9.89. The number of fused-ring (bicyclic) bond motifs is 2. The quantitative estimate of drug-likeness (QED) is 0.574. The number of rotatable bonds is 6. The van der Waals surface area contributed by atoms with Crippen molar-refractivity contribution < 1.29 is 14.7 Å². The number of carbonyl (C=O) groups is 2. The van der Waals surface area contributed by atoms with Crippen molar-refractivity contribution in [2.45, 2.75) is 52.1 Å². The second-order valence-corrected chi connectivity index (χ2v) is 11.9. The second kappa shape index (κ2) is 9.31. The van der Waals surface area contributed by atoms with E-state index in [1.54, 1.807) is 35.4 Å². The van der Waals surface area contributed by atoms with Crippen LogP contribution in [0, 0.1) is 23.2 Å². The van der Waals surface area contributed by atoms with Crippen LogP contribution in [0.15, 0.2) is 30.2 Å². The van der Waals surface area contributed by atoms with Gasteiger partial charge >= 0.3 is 0 Å². The van der Waals surface area contributed by atoms with Crippen LogP contribution in [0.2, 0.25) is 0 Å². The average molecular weight is 488 g/mol. The molecular formula is C25H33N3O3S2. The van der Waals surface area contributed by atoms with Crippen molar-refractivity contribution >= 4 is 39.6 Å². The molecule has 2 aromatic heterocycles. The fraction of sp³-hybridized carbons (Fsp3) is 0.560. The van der Waals surface area contributed by atoms with Crippen LogP contribution in [-0.2, 0) is 11.2 Å². The van der Waals surface area contributed by atoms with E-state index in [4.69, 9.17) is 4.98 Å². The number of aromatic nitrogens is 1. The van der Waals surface area contributed by atoms with Crippen LogP contribution in [0.4, 0.5) is 5.13 Å². The lowest BCUT2D eigenvalue weighted by molar-refractivity contribution is -0.143. The Kier molecular flexibility index (Phi) is 6.80. The highest BCUT2D eigenvalue weighted by Crippen LogP contribution is 2.57. The van der Waals surface area contributed by atoms with Gasteiger partial charge in [-0.2, -0.15) is 0 Å². The number of nitrogens with zero attached hydrogens (tertiary/aromatic N) is 2. The third-order valence-corrected chi connectivity index (χ3v) is 9.55. The normalized spacial score (nSPS) is 29.5. The smallest absolute Gasteiger partial charge is 0.267 e. The van der Waals surface area contributed by atoms with Gasteiger partial charge in [0.1, 0.15) is 0 Å². The maximum absolute atomic E-state index is 12.9. The molecule has 2 heterocycles. The van der Waals surface area contributed by atoms with Gasteiger partial charge in [-0.15, -0.1) is 29.3 Å². The summed E-state index contributed by atoms with van der Waals surface area (Å²) < 4.78 is 0. The van der Waals surface area contributed by atoms with Crippen LogP contribution in [0.25, 0.3) is 0 Å². The zero-order chi connectivity index (χ0) is 23.9. The standard InChI is InChI=1S/C25H33N3O3S2/c1-6-11-28(5)23(31)14(2)16-9-10-25(4)13-18-20(15(3)19(25)21(16)29)26-24(33-18)27-22(30)17-8-7-12-32-17/h6-8,12,14-16,19,21,29H,1,9-11,13H2,2-5H3,(H,26,27,30)/t14-,15+,16+,19+,21-,25+/m0/s1. The number of thiophene rings is 1. The molecule has 0 radical (unpaired) electrons. The molecule has 8 heteroatoms. The number of nitrogens with one attached hydrogen (secondary N) is 1. The van der Waals surface area contributed by atoms with Gasteiger partial charge in [-0.05, 0) is 48.0 Å². The number of hydrogen-bond acceptors (Lipinski definition) is 6. The van der Waals surface area contributed by atoms with E-state index < -0.39 is 6.10 Å². The highest BCUT2D eigenvalue weighted by Gasteiger charge is 2.54. The number of likely N-dealkylation sites (N-methyl/N-ethyl adjacent to an activating group) is 1. The van der Waals surface area contributed by atoms with Crippen LogP contribution in [0.1, 0.15) is 59.8 Å². The molecule has 2 aliphatic carbocycles. The van der Waals surface area contributed by atoms with Crippen molar-refractivity contribution in [1.82, 2.24) is 9.88 Å². The van der Waals surface area contributed by atoms with Crippen LogP contribution in [0.5, 0.6) is 0 Å². The first kappa shape index (κ1) is 24.1. The first-order chi connectivity index (χ1) is 15.7. The van der Waals surface area contributed by atoms with Gasteiger partial charge in [0.25, 0.3) is 5.91 Å². The zero-order valence-corrected chi connectivity index (χ0v) is 21.3. The summed E-state index contributed by atoms with van der Waals surface area (Å²) in [4.78, 5) is 33.8. The van der Waals surface area contributed by atoms with E-state index in [0.717, 1.165) is 25.0 Å². The summed E-state index contributed by atoms with van der Waals surface area (Å²) in [5, 5.41) is 17.0. The number of amides is 2. The molecule has 178 valence electrons.